The van der Waals surface area contributed by atoms with Crippen LogP contribution in [0, 0.1) is 6.92 Å². The second-order valence-corrected chi connectivity index (χ2v) is 4.94. The highest BCUT2D eigenvalue weighted by Gasteiger charge is 2.09. The van der Waals surface area contributed by atoms with Crippen LogP contribution in [0.3, 0.4) is 0 Å². The van der Waals surface area contributed by atoms with Crippen LogP contribution >= 0.6 is 0 Å². The summed E-state index contributed by atoms with van der Waals surface area (Å²) < 4.78 is 5.34. The molecule has 0 spiro atoms. The Morgan fingerprint density at radius 3 is 2.84 bits per heavy atom. The van der Waals surface area contributed by atoms with Gasteiger partial charge in [0.15, 0.2) is 0 Å². The number of morpholine rings is 1. The number of hydrogen-bond donors (Lipinski definition) is 1. The Labute approximate surface area is 115 Å². The summed E-state index contributed by atoms with van der Waals surface area (Å²) in [6, 6.07) is 2.01. The molecule has 1 N–H and O–H groups in total. The van der Waals surface area contributed by atoms with Crippen LogP contribution in [0.2, 0.25) is 0 Å². The van der Waals surface area contributed by atoms with Crippen molar-refractivity contribution >= 4 is 5.82 Å². The lowest BCUT2D eigenvalue weighted by molar-refractivity contribution is 0.0398. The van der Waals surface area contributed by atoms with Gasteiger partial charge in [-0.05, 0) is 13.3 Å². The summed E-state index contributed by atoms with van der Waals surface area (Å²) in [5, 5.41) is 3.40. The van der Waals surface area contributed by atoms with Crippen molar-refractivity contribution in [3.05, 3.63) is 17.6 Å². The topological polar surface area (TPSA) is 50.3 Å². The number of anilines is 1. The van der Waals surface area contributed by atoms with E-state index in [0.29, 0.717) is 0 Å². The summed E-state index contributed by atoms with van der Waals surface area (Å²) in [5.41, 5.74) is 1.03. The van der Waals surface area contributed by atoms with E-state index in [4.69, 9.17) is 4.74 Å². The normalized spacial score (nSPS) is 16.5. The number of aromatic nitrogens is 2. The van der Waals surface area contributed by atoms with E-state index in [1.165, 1.54) is 0 Å². The lowest BCUT2D eigenvalue weighted by Gasteiger charge is -2.26. The Kier molecular flexibility index (Phi) is 5.54. The maximum absolute atomic E-state index is 5.34. The second kappa shape index (κ2) is 7.40. The predicted octanol–water partition coefficient (Wildman–Crippen LogP) is 1.48. The molecule has 2 rings (SSSR count). The average molecular weight is 264 g/mol. The van der Waals surface area contributed by atoms with Gasteiger partial charge in [-0.2, -0.15) is 0 Å². The summed E-state index contributed by atoms with van der Waals surface area (Å²) in [5.74, 6) is 1.89. The van der Waals surface area contributed by atoms with Gasteiger partial charge in [0.25, 0.3) is 0 Å². The van der Waals surface area contributed by atoms with Crippen LogP contribution < -0.4 is 5.32 Å². The fourth-order valence-corrected chi connectivity index (χ4v) is 2.22. The standard InChI is InChI=1S/C14H24N4O/c1-3-4-13-16-12(2)11-14(17-13)15-5-6-18-7-9-19-10-8-18/h11H,3-10H2,1-2H3,(H,15,16,17). The molecule has 0 saturated carbocycles. The summed E-state index contributed by atoms with van der Waals surface area (Å²) in [6.07, 6.45) is 2.02. The van der Waals surface area contributed by atoms with E-state index in [0.717, 1.165) is 69.6 Å². The van der Waals surface area contributed by atoms with Crippen LogP contribution in [0.4, 0.5) is 5.82 Å². The van der Waals surface area contributed by atoms with Crippen LogP contribution in [-0.2, 0) is 11.2 Å². The van der Waals surface area contributed by atoms with E-state index in [2.05, 4.69) is 27.1 Å². The zero-order valence-electron chi connectivity index (χ0n) is 12.0. The van der Waals surface area contributed by atoms with Crippen molar-refractivity contribution in [1.82, 2.24) is 14.9 Å². The minimum Gasteiger partial charge on any atom is -0.379 e. The minimum atomic E-state index is 0.854. The van der Waals surface area contributed by atoms with Gasteiger partial charge in [0, 0.05) is 44.4 Å². The average Bonchev–Trinajstić information content (AvgIpc) is 2.40. The van der Waals surface area contributed by atoms with Crippen LogP contribution in [-0.4, -0.2) is 54.3 Å². The highest BCUT2D eigenvalue weighted by molar-refractivity contribution is 5.35. The molecule has 0 unspecified atom stereocenters. The zero-order chi connectivity index (χ0) is 13.5. The number of hydrogen-bond acceptors (Lipinski definition) is 5. The molecule has 1 aliphatic heterocycles. The van der Waals surface area contributed by atoms with Gasteiger partial charge in [-0.25, -0.2) is 9.97 Å². The number of nitrogens with zero attached hydrogens (tertiary/aromatic N) is 3. The Morgan fingerprint density at radius 1 is 1.32 bits per heavy atom. The predicted molar refractivity (Wildman–Crippen MR) is 76.5 cm³/mol. The van der Waals surface area contributed by atoms with Crippen LogP contribution in [0.25, 0.3) is 0 Å². The molecule has 1 aromatic rings. The van der Waals surface area contributed by atoms with Gasteiger partial charge in [0.1, 0.15) is 11.6 Å². The third kappa shape index (κ3) is 4.76. The molecule has 0 aliphatic carbocycles. The quantitative estimate of drug-likeness (QED) is 0.843. The molecule has 1 saturated heterocycles. The molecule has 5 heteroatoms. The van der Waals surface area contributed by atoms with Crippen molar-refractivity contribution in [2.75, 3.05) is 44.7 Å². The summed E-state index contributed by atoms with van der Waals surface area (Å²) in [6.45, 7) is 9.90. The van der Waals surface area contributed by atoms with Crippen LogP contribution in [0.5, 0.6) is 0 Å². The second-order valence-electron chi connectivity index (χ2n) is 4.94. The zero-order valence-corrected chi connectivity index (χ0v) is 12.0. The smallest absolute Gasteiger partial charge is 0.130 e. The molecule has 0 aromatic carbocycles. The highest BCUT2D eigenvalue weighted by atomic mass is 16.5. The largest absolute Gasteiger partial charge is 0.379 e. The first-order valence-corrected chi connectivity index (χ1v) is 7.16. The van der Waals surface area contributed by atoms with Gasteiger partial charge in [-0.1, -0.05) is 6.92 Å². The van der Waals surface area contributed by atoms with Crippen LogP contribution in [0.1, 0.15) is 24.9 Å². The lowest BCUT2D eigenvalue weighted by Crippen LogP contribution is -2.39. The van der Waals surface area contributed by atoms with Gasteiger partial charge in [0.05, 0.1) is 13.2 Å². The van der Waals surface area contributed by atoms with Crippen molar-refractivity contribution in [1.29, 1.82) is 0 Å². The molecular formula is C14H24N4O. The molecule has 1 fully saturated rings. The van der Waals surface area contributed by atoms with E-state index in [1.807, 2.05) is 13.0 Å². The van der Waals surface area contributed by atoms with Gasteiger partial charge < -0.3 is 10.1 Å². The van der Waals surface area contributed by atoms with Crippen molar-refractivity contribution in [2.24, 2.45) is 0 Å². The molecular weight excluding hydrogens is 240 g/mol. The third-order valence-electron chi connectivity index (χ3n) is 3.21. The number of nitrogens with one attached hydrogen (secondary N) is 1. The molecule has 106 valence electrons. The Bertz CT molecular complexity index is 391. The summed E-state index contributed by atoms with van der Waals surface area (Å²) in [4.78, 5) is 11.4. The first kappa shape index (κ1) is 14.2. The van der Waals surface area contributed by atoms with E-state index >= 15 is 0 Å². The fourth-order valence-electron chi connectivity index (χ4n) is 2.22. The molecule has 0 bridgehead atoms. The summed E-state index contributed by atoms with van der Waals surface area (Å²) >= 11 is 0. The maximum atomic E-state index is 5.34. The van der Waals surface area contributed by atoms with Gasteiger partial charge in [-0.3, -0.25) is 4.90 Å². The molecule has 5 nitrogen and oxygen atoms in total. The molecule has 19 heavy (non-hydrogen) atoms. The van der Waals surface area contributed by atoms with E-state index < -0.39 is 0 Å². The Balaban J connectivity index is 1.81. The fraction of sp³-hybridized carbons (Fsp3) is 0.714. The minimum absolute atomic E-state index is 0.854. The van der Waals surface area contributed by atoms with Crippen LogP contribution in [0.15, 0.2) is 6.07 Å². The molecule has 1 aromatic heterocycles. The van der Waals surface area contributed by atoms with Crippen molar-refractivity contribution in [2.45, 2.75) is 26.7 Å². The van der Waals surface area contributed by atoms with Gasteiger partial charge in [0.2, 0.25) is 0 Å². The van der Waals surface area contributed by atoms with Gasteiger partial charge >= 0.3 is 0 Å². The monoisotopic (exact) mass is 264 g/mol. The number of ether oxygens (including phenoxy) is 1. The van der Waals surface area contributed by atoms with Gasteiger partial charge in [-0.15, -0.1) is 0 Å². The van der Waals surface area contributed by atoms with E-state index in [1.54, 1.807) is 0 Å². The van der Waals surface area contributed by atoms with Crippen molar-refractivity contribution < 1.29 is 4.74 Å². The molecule has 2 heterocycles. The highest BCUT2D eigenvalue weighted by Crippen LogP contribution is 2.07. The molecule has 0 radical (unpaired) electrons. The lowest BCUT2D eigenvalue weighted by atomic mass is 10.3. The first-order valence-electron chi connectivity index (χ1n) is 7.16. The molecule has 0 amide bonds. The maximum Gasteiger partial charge on any atom is 0.130 e. The first-order chi connectivity index (χ1) is 9.28. The Morgan fingerprint density at radius 2 is 2.11 bits per heavy atom. The summed E-state index contributed by atoms with van der Waals surface area (Å²) in [7, 11) is 0. The van der Waals surface area contributed by atoms with E-state index in [9.17, 15) is 0 Å². The number of rotatable bonds is 6. The molecule has 1 aliphatic rings. The van der Waals surface area contributed by atoms with Crippen molar-refractivity contribution in [3.8, 4) is 0 Å². The SMILES string of the molecule is CCCc1nc(C)cc(NCCN2CCOCC2)n1. The third-order valence-corrected chi connectivity index (χ3v) is 3.21. The van der Waals surface area contributed by atoms with Crippen molar-refractivity contribution in [3.63, 3.8) is 0 Å². The van der Waals surface area contributed by atoms with E-state index in [-0.39, 0.29) is 0 Å². The number of aryl methyl sites for hydroxylation is 2. The molecule has 0 atom stereocenters. The Hall–Kier alpha value is -1.20.